The van der Waals surface area contributed by atoms with Crippen LogP contribution < -0.4 is 0 Å². The van der Waals surface area contributed by atoms with Crippen molar-refractivity contribution in [2.75, 3.05) is 26.2 Å². The number of aryl methyl sites for hydroxylation is 1. The number of benzene rings is 3. The first kappa shape index (κ1) is 19.8. The Morgan fingerprint density at radius 2 is 1.61 bits per heavy atom. The van der Waals surface area contributed by atoms with Crippen LogP contribution in [0.15, 0.2) is 66.7 Å². The summed E-state index contributed by atoms with van der Waals surface area (Å²) in [6.07, 6.45) is 0. The molecule has 1 aliphatic heterocycles. The van der Waals surface area contributed by atoms with E-state index in [4.69, 9.17) is 0 Å². The Labute approximate surface area is 181 Å². The number of nitrogens with one attached hydrogen (secondary N) is 1. The SMILES string of the molecule is Cc1[nH]c2ccccc2c1[C@@H](C(=O)O)N1CCN(Cc2cccc3ccccc23)CC1. The summed E-state index contributed by atoms with van der Waals surface area (Å²) in [5, 5.41) is 13.7. The van der Waals surface area contributed by atoms with Crippen molar-refractivity contribution in [3.63, 3.8) is 0 Å². The van der Waals surface area contributed by atoms with E-state index < -0.39 is 12.0 Å². The Bertz CT molecular complexity index is 1230. The maximum absolute atomic E-state index is 12.3. The van der Waals surface area contributed by atoms with Gasteiger partial charge in [-0.3, -0.25) is 14.6 Å². The van der Waals surface area contributed by atoms with Crippen molar-refractivity contribution in [3.8, 4) is 0 Å². The van der Waals surface area contributed by atoms with E-state index in [-0.39, 0.29) is 0 Å². The lowest BCUT2D eigenvalue weighted by Crippen LogP contribution is -2.49. The number of para-hydroxylation sites is 1. The average Bonchev–Trinajstić information content (AvgIpc) is 3.11. The van der Waals surface area contributed by atoms with Crippen molar-refractivity contribution >= 4 is 27.6 Å². The molecule has 1 aromatic heterocycles. The summed E-state index contributed by atoms with van der Waals surface area (Å²) < 4.78 is 0. The van der Waals surface area contributed by atoms with Gasteiger partial charge in [0, 0.05) is 54.9 Å². The summed E-state index contributed by atoms with van der Waals surface area (Å²) in [5.41, 5.74) is 4.15. The van der Waals surface area contributed by atoms with Crippen LogP contribution in [-0.4, -0.2) is 52.0 Å². The molecule has 0 amide bonds. The van der Waals surface area contributed by atoms with Gasteiger partial charge >= 0.3 is 5.97 Å². The summed E-state index contributed by atoms with van der Waals surface area (Å²) in [4.78, 5) is 20.2. The van der Waals surface area contributed by atoms with Crippen LogP contribution in [0.3, 0.4) is 0 Å². The average molecular weight is 414 g/mol. The monoisotopic (exact) mass is 413 g/mol. The molecular weight excluding hydrogens is 386 g/mol. The molecule has 2 N–H and O–H groups in total. The van der Waals surface area contributed by atoms with Gasteiger partial charge in [-0.15, -0.1) is 0 Å². The highest BCUT2D eigenvalue weighted by Gasteiger charge is 2.33. The number of rotatable bonds is 5. The molecule has 0 saturated carbocycles. The van der Waals surface area contributed by atoms with Gasteiger partial charge in [0.2, 0.25) is 0 Å². The molecule has 5 heteroatoms. The third kappa shape index (κ3) is 3.71. The maximum Gasteiger partial charge on any atom is 0.325 e. The van der Waals surface area contributed by atoms with Gasteiger partial charge in [0.15, 0.2) is 0 Å². The third-order valence-corrected chi connectivity index (χ3v) is 6.50. The number of fused-ring (bicyclic) bond motifs is 2. The molecule has 158 valence electrons. The molecule has 2 heterocycles. The second-order valence-electron chi connectivity index (χ2n) is 8.40. The van der Waals surface area contributed by atoms with Gasteiger partial charge < -0.3 is 10.1 Å². The van der Waals surface area contributed by atoms with Crippen molar-refractivity contribution in [3.05, 3.63) is 83.6 Å². The van der Waals surface area contributed by atoms with E-state index in [1.54, 1.807) is 0 Å². The van der Waals surface area contributed by atoms with Crippen molar-refractivity contribution in [1.82, 2.24) is 14.8 Å². The Morgan fingerprint density at radius 1 is 0.935 bits per heavy atom. The standard InChI is InChI=1S/C26H27N3O2/c1-18-24(22-11-4-5-12-23(22)27-18)25(26(30)31)29-15-13-28(14-16-29)17-20-9-6-8-19-7-2-3-10-21(19)20/h2-12,25,27H,13-17H2,1H3,(H,30,31)/t25-/m0/s1. The lowest BCUT2D eigenvalue weighted by atomic mass is 10.0. The smallest absolute Gasteiger partial charge is 0.325 e. The minimum atomic E-state index is -0.782. The summed E-state index contributed by atoms with van der Waals surface area (Å²) in [5.74, 6) is -0.782. The number of carboxylic acids is 1. The van der Waals surface area contributed by atoms with Crippen LogP contribution in [0.4, 0.5) is 0 Å². The molecule has 0 spiro atoms. The summed E-state index contributed by atoms with van der Waals surface area (Å²) in [7, 11) is 0. The number of hydrogen-bond acceptors (Lipinski definition) is 3. The molecule has 1 aliphatic rings. The van der Waals surface area contributed by atoms with Gasteiger partial charge in [-0.25, -0.2) is 0 Å². The minimum absolute atomic E-state index is 0.629. The lowest BCUT2D eigenvalue weighted by Gasteiger charge is -2.38. The summed E-state index contributed by atoms with van der Waals surface area (Å²) in [6.45, 7) is 6.05. The first-order valence-corrected chi connectivity index (χ1v) is 10.8. The van der Waals surface area contributed by atoms with Gasteiger partial charge in [0.1, 0.15) is 6.04 Å². The second kappa shape index (κ2) is 8.17. The number of aliphatic carboxylic acids is 1. The lowest BCUT2D eigenvalue weighted by molar-refractivity contribution is -0.144. The van der Waals surface area contributed by atoms with Crippen molar-refractivity contribution in [1.29, 1.82) is 0 Å². The highest BCUT2D eigenvalue weighted by Crippen LogP contribution is 2.32. The number of piperazine rings is 1. The first-order chi connectivity index (χ1) is 15.1. The minimum Gasteiger partial charge on any atom is -0.480 e. The fraction of sp³-hybridized carbons (Fsp3) is 0.269. The molecule has 1 atom stereocenters. The molecule has 4 aromatic rings. The number of carboxylic acid groups (broad SMARTS) is 1. The molecule has 0 aliphatic carbocycles. The van der Waals surface area contributed by atoms with Gasteiger partial charge in [0.05, 0.1) is 0 Å². The van der Waals surface area contributed by atoms with E-state index in [2.05, 4.69) is 57.2 Å². The van der Waals surface area contributed by atoms with Crippen molar-refractivity contribution < 1.29 is 9.90 Å². The van der Waals surface area contributed by atoms with Gasteiger partial charge in [-0.1, -0.05) is 60.7 Å². The maximum atomic E-state index is 12.3. The number of hydrogen-bond donors (Lipinski definition) is 2. The molecule has 1 saturated heterocycles. The van der Waals surface area contributed by atoms with Gasteiger partial charge in [-0.2, -0.15) is 0 Å². The molecule has 0 unspecified atom stereocenters. The van der Waals surface area contributed by atoms with Gasteiger partial charge in [-0.05, 0) is 29.3 Å². The molecule has 5 rings (SSSR count). The van der Waals surface area contributed by atoms with E-state index in [1.165, 1.54) is 16.3 Å². The molecule has 5 nitrogen and oxygen atoms in total. The van der Waals surface area contributed by atoms with Gasteiger partial charge in [0.25, 0.3) is 0 Å². The fourth-order valence-electron chi connectivity index (χ4n) is 4.96. The van der Waals surface area contributed by atoms with Crippen LogP contribution in [0.2, 0.25) is 0 Å². The Hall–Kier alpha value is -3.15. The Balaban J connectivity index is 1.35. The van der Waals surface area contributed by atoms with E-state index in [9.17, 15) is 9.90 Å². The van der Waals surface area contributed by atoms with E-state index in [0.717, 1.165) is 54.9 Å². The number of aromatic nitrogens is 1. The van der Waals surface area contributed by atoms with Crippen LogP contribution in [-0.2, 0) is 11.3 Å². The second-order valence-corrected chi connectivity index (χ2v) is 8.40. The normalized spacial score (nSPS) is 16.7. The van der Waals surface area contributed by atoms with Crippen LogP contribution in [0.5, 0.6) is 0 Å². The Morgan fingerprint density at radius 3 is 2.39 bits per heavy atom. The van der Waals surface area contributed by atoms with E-state index in [1.807, 2.05) is 31.2 Å². The predicted octanol–water partition coefficient (Wildman–Crippen LogP) is 4.57. The fourth-order valence-corrected chi connectivity index (χ4v) is 4.96. The van der Waals surface area contributed by atoms with Crippen LogP contribution in [0.1, 0.15) is 22.9 Å². The number of aromatic amines is 1. The zero-order valence-electron chi connectivity index (χ0n) is 17.7. The zero-order chi connectivity index (χ0) is 21.4. The van der Waals surface area contributed by atoms with Crippen LogP contribution in [0, 0.1) is 6.92 Å². The zero-order valence-corrected chi connectivity index (χ0v) is 17.7. The molecule has 3 aromatic carbocycles. The molecule has 0 bridgehead atoms. The molecule has 0 radical (unpaired) electrons. The molecule has 1 fully saturated rings. The molecule has 31 heavy (non-hydrogen) atoms. The largest absolute Gasteiger partial charge is 0.480 e. The van der Waals surface area contributed by atoms with Crippen LogP contribution >= 0.6 is 0 Å². The topological polar surface area (TPSA) is 59.6 Å². The molecular formula is C26H27N3O2. The number of H-pyrrole nitrogens is 1. The highest BCUT2D eigenvalue weighted by atomic mass is 16.4. The van der Waals surface area contributed by atoms with Crippen LogP contribution in [0.25, 0.3) is 21.7 Å². The first-order valence-electron chi connectivity index (χ1n) is 10.8. The Kier molecular flexibility index (Phi) is 5.22. The number of nitrogens with zero attached hydrogens (tertiary/aromatic N) is 2. The van der Waals surface area contributed by atoms with E-state index >= 15 is 0 Å². The third-order valence-electron chi connectivity index (χ3n) is 6.50. The highest BCUT2D eigenvalue weighted by molar-refractivity contribution is 5.90. The summed E-state index contributed by atoms with van der Waals surface area (Å²) >= 11 is 0. The quantitative estimate of drug-likeness (QED) is 0.503. The summed E-state index contributed by atoms with van der Waals surface area (Å²) in [6, 6.07) is 22.3. The van der Waals surface area contributed by atoms with Crippen molar-refractivity contribution in [2.45, 2.75) is 19.5 Å². The van der Waals surface area contributed by atoms with E-state index in [0.29, 0.717) is 0 Å². The predicted molar refractivity (Wildman–Crippen MR) is 124 cm³/mol. The number of carbonyl (C=O) groups is 1. The van der Waals surface area contributed by atoms with Crippen molar-refractivity contribution in [2.24, 2.45) is 0 Å².